The molecule has 0 fully saturated rings. The van der Waals surface area contributed by atoms with Gasteiger partial charge in [0.05, 0.1) is 5.56 Å². The highest BCUT2D eigenvalue weighted by molar-refractivity contribution is 6.31. The van der Waals surface area contributed by atoms with E-state index < -0.39 is 0 Å². The number of ether oxygens (including phenoxy) is 2. The lowest BCUT2D eigenvalue weighted by atomic mass is 10.2. The first-order valence-corrected chi connectivity index (χ1v) is 8.74. The molecule has 0 heterocycles. The van der Waals surface area contributed by atoms with Gasteiger partial charge in [0.2, 0.25) is 0 Å². The van der Waals surface area contributed by atoms with Crippen molar-refractivity contribution < 1.29 is 14.3 Å². The Bertz CT molecular complexity index is 909. The molecule has 3 nitrogen and oxygen atoms in total. The first-order chi connectivity index (χ1) is 12.7. The molecule has 26 heavy (non-hydrogen) atoms. The first kappa shape index (κ1) is 18.3. The Hall–Kier alpha value is -2.49. The zero-order chi connectivity index (χ0) is 18.4. The van der Waals surface area contributed by atoms with Crippen molar-refractivity contribution >= 4 is 29.5 Å². The molecule has 5 heteroatoms. The van der Waals surface area contributed by atoms with Crippen LogP contribution < -0.4 is 9.47 Å². The van der Waals surface area contributed by atoms with Gasteiger partial charge < -0.3 is 9.47 Å². The maximum atomic E-state index is 11.4. The van der Waals surface area contributed by atoms with Crippen LogP contribution in [0.15, 0.2) is 66.7 Å². The Morgan fingerprint density at radius 3 is 1.92 bits per heavy atom. The van der Waals surface area contributed by atoms with Crippen molar-refractivity contribution in [1.29, 1.82) is 0 Å². The Morgan fingerprint density at radius 1 is 0.769 bits per heavy atom. The van der Waals surface area contributed by atoms with E-state index in [1.807, 2.05) is 42.5 Å². The Balaban J connectivity index is 1.68. The molecule has 3 aromatic carbocycles. The maximum Gasteiger partial charge on any atom is 0.153 e. The third-order valence-corrected chi connectivity index (χ3v) is 4.54. The van der Waals surface area contributed by atoms with Crippen molar-refractivity contribution in [2.45, 2.75) is 13.2 Å². The lowest BCUT2D eigenvalue weighted by Gasteiger charge is -2.12. The Morgan fingerprint density at radius 2 is 1.35 bits per heavy atom. The summed E-state index contributed by atoms with van der Waals surface area (Å²) in [6, 6.07) is 20.0. The van der Waals surface area contributed by atoms with Gasteiger partial charge >= 0.3 is 0 Å². The molecule has 0 saturated heterocycles. The normalized spacial score (nSPS) is 10.4. The second kappa shape index (κ2) is 8.75. The Labute approximate surface area is 162 Å². The van der Waals surface area contributed by atoms with Crippen molar-refractivity contribution in [2.75, 3.05) is 0 Å². The Kier molecular flexibility index (Phi) is 6.16. The van der Waals surface area contributed by atoms with Crippen molar-refractivity contribution in [3.63, 3.8) is 0 Å². The van der Waals surface area contributed by atoms with Crippen LogP contribution in [0.3, 0.4) is 0 Å². The molecule has 0 aliphatic heterocycles. The van der Waals surface area contributed by atoms with Gasteiger partial charge in [0.25, 0.3) is 0 Å². The van der Waals surface area contributed by atoms with E-state index >= 15 is 0 Å². The molecule has 3 rings (SSSR count). The highest BCUT2D eigenvalue weighted by atomic mass is 35.5. The number of carbonyl (C=O) groups excluding carboxylic acids is 1. The minimum absolute atomic E-state index is 0.278. The van der Waals surface area contributed by atoms with Crippen LogP contribution in [-0.2, 0) is 13.2 Å². The van der Waals surface area contributed by atoms with Gasteiger partial charge in [-0.3, -0.25) is 4.79 Å². The summed E-state index contributed by atoms with van der Waals surface area (Å²) in [5.74, 6) is 1.04. The second-order valence-electron chi connectivity index (χ2n) is 5.58. The van der Waals surface area contributed by atoms with E-state index in [1.54, 1.807) is 24.3 Å². The molecule has 3 aromatic rings. The molecule has 0 spiro atoms. The molecule has 0 saturated carbocycles. The molecule has 0 unspecified atom stereocenters. The summed E-state index contributed by atoms with van der Waals surface area (Å²) < 4.78 is 11.5. The van der Waals surface area contributed by atoms with Gasteiger partial charge in [-0.05, 0) is 30.3 Å². The van der Waals surface area contributed by atoms with Crippen molar-refractivity contribution in [1.82, 2.24) is 0 Å². The molecule has 0 radical (unpaired) electrons. The summed E-state index contributed by atoms with van der Waals surface area (Å²) in [5.41, 5.74) is 2.14. The monoisotopic (exact) mass is 386 g/mol. The van der Waals surface area contributed by atoms with E-state index in [0.717, 1.165) is 17.4 Å². The average molecular weight is 387 g/mol. The number of aldehydes is 1. The number of halogens is 2. The van der Waals surface area contributed by atoms with E-state index in [4.69, 9.17) is 32.7 Å². The summed E-state index contributed by atoms with van der Waals surface area (Å²) in [6.07, 6.45) is 0.740. The fourth-order valence-corrected chi connectivity index (χ4v) is 2.77. The van der Waals surface area contributed by atoms with Gasteiger partial charge in [-0.2, -0.15) is 0 Å². The molecule has 0 N–H and O–H groups in total. The predicted molar refractivity (Wildman–Crippen MR) is 103 cm³/mol. The van der Waals surface area contributed by atoms with E-state index in [1.165, 1.54) is 0 Å². The van der Waals surface area contributed by atoms with Crippen LogP contribution in [0.2, 0.25) is 10.0 Å². The van der Waals surface area contributed by atoms with E-state index in [2.05, 4.69) is 0 Å². The quantitative estimate of drug-likeness (QED) is 0.469. The van der Waals surface area contributed by atoms with Gasteiger partial charge in [0.1, 0.15) is 24.7 Å². The lowest BCUT2D eigenvalue weighted by Crippen LogP contribution is -2.01. The first-order valence-electron chi connectivity index (χ1n) is 7.99. The summed E-state index contributed by atoms with van der Waals surface area (Å²) in [6.45, 7) is 0.595. The fourth-order valence-electron chi connectivity index (χ4n) is 2.39. The number of carbonyl (C=O) groups is 1. The van der Waals surface area contributed by atoms with Crippen LogP contribution in [0.5, 0.6) is 11.5 Å². The number of hydrogen-bond acceptors (Lipinski definition) is 3. The van der Waals surface area contributed by atoms with Gasteiger partial charge in [-0.1, -0.05) is 59.6 Å². The van der Waals surface area contributed by atoms with Crippen LogP contribution in [-0.4, -0.2) is 6.29 Å². The zero-order valence-corrected chi connectivity index (χ0v) is 15.3. The van der Waals surface area contributed by atoms with Gasteiger partial charge in [0, 0.05) is 21.2 Å². The van der Waals surface area contributed by atoms with E-state index in [0.29, 0.717) is 33.7 Å². The third-order valence-electron chi connectivity index (χ3n) is 3.80. The number of rotatable bonds is 7. The number of benzene rings is 3. The van der Waals surface area contributed by atoms with E-state index in [-0.39, 0.29) is 6.61 Å². The SMILES string of the molecule is O=Cc1cc(OCc2ccccc2Cl)ccc1OCc1ccccc1Cl. The van der Waals surface area contributed by atoms with Crippen molar-refractivity contribution in [2.24, 2.45) is 0 Å². The molecule has 132 valence electrons. The third kappa shape index (κ3) is 4.57. The molecule has 0 atom stereocenters. The molecule has 0 aliphatic carbocycles. The zero-order valence-electron chi connectivity index (χ0n) is 13.8. The number of hydrogen-bond donors (Lipinski definition) is 0. The minimum atomic E-state index is 0.278. The summed E-state index contributed by atoms with van der Waals surface area (Å²) in [5, 5.41) is 1.27. The predicted octanol–water partition coefficient (Wildman–Crippen LogP) is 5.96. The summed E-state index contributed by atoms with van der Waals surface area (Å²) in [4.78, 5) is 11.4. The smallest absolute Gasteiger partial charge is 0.153 e. The van der Waals surface area contributed by atoms with E-state index in [9.17, 15) is 4.79 Å². The van der Waals surface area contributed by atoms with Gasteiger partial charge in [0.15, 0.2) is 6.29 Å². The minimum Gasteiger partial charge on any atom is -0.489 e. The molecular weight excluding hydrogens is 371 g/mol. The fraction of sp³-hybridized carbons (Fsp3) is 0.0952. The molecule has 0 aromatic heterocycles. The lowest BCUT2D eigenvalue weighted by molar-refractivity contribution is 0.111. The molecule has 0 amide bonds. The van der Waals surface area contributed by atoms with Gasteiger partial charge in [-0.15, -0.1) is 0 Å². The van der Waals surface area contributed by atoms with Crippen LogP contribution in [0, 0.1) is 0 Å². The van der Waals surface area contributed by atoms with Gasteiger partial charge in [-0.25, -0.2) is 0 Å². The topological polar surface area (TPSA) is 35.5 Å². The largest absolute Gasteiger partial charge is 0.489 e. The molecular formula is C21H16Cl2O3. The van der Waals surface area contributed by atoms with Crippen LogP contribution in [0.4, 0.5) is 0 Å². The van der Waals surface area contributed by atoms with Crippen molar-refractivity contribution in [3.8, 4) is 11.5 Å². The molecule has 0 bridgehead atoms. The highest BCUT2D eigenvalue weighted by Crippen LogP contribution is 2.26. The highest BCUT2D eigenvalue weighted by Gasteiger charge is 2.08. The van der Waals surface area contributed by atoms with Crippen LogP contribution in [0.25, 0.3) is 0 Å². The average Bonchev–Trinajstić information content (AvgIpc) is 2.67. The van der Waals surface area contributed by atoms with Crippen molar-refractivity contribution in [3.05, 3.63) is 93.5 Å². The standard InChI is InChI=1S/C21H16Cl2O3/c22-19-7-3-1-5-15(19)13-25-18-9-10-21(17(11-18)12-24)26-14-16-6-2-4-8-20(16)23/h1-12H,13-14H2. The van der Waals surface area contributed by atoms with Crippen LogP contribution in [0.1, 0.15) is 21.5 Å². The van der Waals surface area contributed by atoms with Crippen LogP contribution >= 0.6 is 23.2 Å². The summed E-state index contributed by atoms with van der Waals surface area (Å²) >= 11 is 12.2. The maximum absolute atomic E-state index is 11.4. The molecule has 0 aliphatic rings. The second-order valence-corrected chi connectivity index (χ2v) is 6.39. The summed E-state index contributed by atoms with van der Waals surface area (Å²) in [7, 11) is 0.